The summed E-state index contributed by atoms with van der Waals surface area (Å²) in [6.45, 7) is 4.02. The van der Waals surface area contributed by atoms with Gasteiger partial charge in [-0.3, -0.25) is 0 Å². The van der Waals surface area contributed by atoms with Gasteiger partial charge in [0.15, 0.2) is 0 Å². The minimum absolute atomic E-state index is 0.658. The summed E-state index contributed by atoms with van der Waals surface area (Å²) in [6, 6.07) is 10.6. The molecule has 0 spiro atoms. The molecule has 0 radical (unpaired) electrons. The largest absolute Gasteiger partial charge is 0.312 e. The molecule has 5 heteroatoms. The number of rotatable bonds is 5. The van der Waals surface area contributed by atoms with Crippen molar-refractivity contribution in [1.29, 1.82) is 0 Å². The summed E-state index contributed by atoms with van der Waals surface area (Å²) in [4.78, 5) is 1.68. The van der Waals surface area contributed by atoms with Crippen LogP contribution in [0.2, 0.25) is 0 Å². The monoisotopic (exact) mass is 285 g/mol. The Bertz CT molecular complexity index is 551. The first kappa shape index (κ1) is 14.2. The van der Waals surface area contributed by atoms with Crippen LogP contribution in [0.15, 0.2) is 30.3 Å². The molecule has 1 saturated carbocycles. The second-order valence-corrected chi connectivity index (χ2v) is 6.00. The first-order valence-electron chi connectivity index (χ1n) is 7.88. The number of hydrogen-bond acceptors (Lipinski definition) is 4. The number of benzene rings is 1. The van der Waals surface area contributed by atoms with E-state index in [9.17, 15) is 0 Å². The van der Waals surface area contributed by atoms with Gasteiger partial charge in [-0.15, -0.1) is 10.2 Å². The molecule has 2 unspecified atom stereocenters. The van der Waals surface area contributed by atoms with Crippen LogP contribution in [0.5, 0.6) is 0 Å². The molecule has 112 valence electrons. The summed E-state index contributed by atoms with van der Waals surface area (Å²) >= 11 is 0. The molecule has 0 saturated heterocycles. The van der Waals surface area contributed by atoms with Gasteiger partial charge in [0, 0.05) is 18.2 Å². The highest BCUT2D eigenvalue weighted by atomic mass is 15.6. The number of aromatic nitrogens is 4. The fourth-order valence-electron chi connectivity index (χ4n) is 3.03. The van der Waals surface area contributed by atoms with Crippen molar-refractivity contribution in [3.63, 3.8) is 0 Å². The highest BCUT2D eigenvalue weighted by Crippen LogP contribution is 2.23. The van der Waals surface area contributed by atoms with Crippen LogP contribution in [0.25, 0.3) is 11.4 Å². The first-order chi connectivity index (χ1) is 10.3. The lowest BCUT2D eigenvalue weighted by Gasteiger charge is -2.27. The summed E-state index contributed by atoms with van der Waals surface area (Å²) in [5.41, 5.74) is 1.01. The van der Waals surface area contributed by atoms with Crippen molar-refractivity contribution in [3.8, 4) is 11.4 Å². The van der Waals surface area contributed by atoms with Crippen molar-refractivity contribution in [2.24, 2.45) is 5.92 Å². The van der Waals surface area contributed by atoms with Gasteiger partial charge in [-0.05, 0) is 24.0 Å². The number of nitrogens with one attached hydrogen (secondary N) is 1. The Hall–Kier alpha value is -1.75. The van der Waals surface area contributed by atoms with Crippen molar-refractivity contribution in [2.75, 3.05) is 6.54 Å². The lowest BCUT2D eigenvalue weighted by atomic mass is 9.87. The molecule has 2 atom stereocenters. The van der Waals surface area contributed by atoms with Crippen LogP contribution in [-0.2, 0) is 6.54 Å². The van der Waals surface area contributed by atoms with Gasteiger partial charge in [-0.2, -0.15) is 4.80 Å². The van der Waals surface area contributed by atoms with E-state index in [-0.39, 0.29) is 0 Å². The smallest absolute Gasteiger partial charge is 0.204 e. The third kappa shape index (κ3) is 3.88. The van der Waals surface area contributed by atoms with Gasteiger partial charge < -0.3 is 5.32 Å². The van der Waals surface area contributed by atoms with E-state index in [0.29, 0.717) is 11.9 Å². The van der Waals surface area contributed by atoms with E-state index in [1.54, 1.807) is 4.80 Å². The van der Waals surface area contributed by atoms with Gasteiger partial charge in [0.25, 0.3) is 0 Å². The van der Waals surface area contributed by atoms with E-state index in [2.05, 4.69) is 27.7 Å². The van der Waals surface area contributed by atoms with Crippen molar-refractivity contribution in [1.82, 2.24) is 25.5 Å². The summed E-state index contributed by atoms with van der Waals surface area (Å²) < 4.78 is 0. The molecule has 5 nitrogen and oxygen atoms in total. The molecule has 1 heterocycles. The Labute approximate surface area is 125 Å². The average molecular weight is 285 g/mol. The Kier molecular flexibility index (Phi) is 4.60. The van der Waals surface area contributed by atoms with Crippen LogP contribution >= 0.6 is 0 Å². The Morgan fingerprint density at radius 3 is 2.90 bits per heavy atom. The molecule has 0 bridgehead atoms. The third-order valence-electron chi connectivity index (χ3n) is 4.17. The van der Waals surface area contributed by atoms with Gasteiger partial charge in [-0.25, -0.2) is 0 Å². The summed E-state index contributed by atoms with van der Waals surface area (Å²) in [6.07, 6.45) is 5.31. The van der Waals surface area contributed by atoms with Crippen LogP contribution in [0, 0.1) is 5.92 Å². The topological polar surface area (TPSA) is 55.6 Å². The minimum atomic E-state index is 0.658. The maximum atomic E-state index is 4.43. The molecule has 1 N–H and O–H groups in total. The lowest BCUT2D eigenvalue weighted by Crippen LogP contribution is -2.35. The molecule has 2 aromatic rings. The molecule has 1 aliphatic carbocycles. The van der Waals surface area contributed by atoms with Crippen molar-refractivity contribution in [2.45, 2.75) is 45.2 Å². The molecule has 1 aromatic heterocycles. The van der Waals surface area contributed by atoms with E-state index in [1.165, 1.54) is 25.7 Å². The van der Waals surface area contributed by atoms with Gasteiger partial charge in [0.2, 0.25) is 5.82 Å². The number of hydrogen-bond donors (Lipinski definition) is 1. The van der Waals surface area contributed by atoms with Crippen LogP contribution in [0.3, 0.4) is 0 Å². The van der Waals surface area contributed by atoms with Gasteiger partial charge in [0.1, 0.15) is 0 Å². The molecule has 1 aromatic carbocycles. The van der Waals surface area contributed by atoms with Crippen molar-refractivity contribution < 1.29 is 0 Å². The average Bonchev–Trinajstić information content (AvgIpc) is 2.97. The van der Waals surface area contributed by atoms with Crippen molar-refractivity contribution in [3.05, 3.63) is 30.3 Å². The van der Waals surface area contributed by atoms with E-state index in [0.717, 1.165) is 24.6 Å². The molecule has 1 aliphatic rings. The zero-order valence-corrected chi connectivity index (χ0v) is 12.6. The fourth-order valence-corrected chi connectivity index (χ4v) is 3.03. The van der Waals surface area contributed by atoms with Crippen LogP contribution in [0.1, 0.15) is 32.6 Å². The Morgan fingerprint density at radius 1 is 1.24 bits per heavy atom. The minimum Gasteiger partial charge on any atom is -0.312 e. The van der Waals surface area contributed by atoms with E-state index in [1.807, 2.05) is 30.3 Å². The normalized spacial score (nSPS) is 22.3. The highest BCUT2D eigenvalue weighted by Gasteiger charge is 2.17. The van der Waals surface area contributed by atoms with Gasteiger partial charge in [-0.1, -0.05) is 50.1 Å². The molecule has 0 aliphatic heterocycles. The SMILES string of the molecule is CC1CCCC(NCCn2nnc(-c3ccccc3)n2)C1. The molecular formula is C16H23N5. The second-order valence-electron chi connectivity index (χ2n) is 6.00. The maximum absolute atomic E-state index is 4.43. The predicted molar refractivity (Wildman–Crippen MR) is 82.7 cm³/mol. The van der Waals surface area contributed by atoms with E-state index in [4.69, 9.17) is 0 Å². The third-order valence-corrected chi connectivity index (χ3v) is 4.17. The zero-order valence-electron chi connectivity index (χ0n) is 12.6. The Balaban J connectivity index is 1.49. The summed E-state index contributed by atoms with van der Waals surface area (Å²) in [7, 11) is 0. The van der Waals surface area contributed by atoms with Crippen LogP contribution in [-0.4, -0.2) is 32.8 Å². The van der Waals surface area contributed by atoms with Crippen LogP contribution < -0.4 is 5.32 Å². The fraction of sp³-hybridized carbons (Fsp3) is 0.562. The van der Waals surface area contributed by atoms with E-state index >= 15 is 0 Å². The molecule has 1 fully saturated rings. The quantitative estimate of drug-likeness (QED) is 0.917. The molecule has 21 heavy (non-hydrogen) atoms. The number of tetrazole rings is 1. The molecule has 3 rings (SSSR count). The lowest BCUT2D eigenvalue weighted by molar-refractivity contribution is 0.296. The second kappa shape index (κ2) is 6.80. The highest BCUT2D eigenvalue weighted by molar-refractivity contribution is 5.52. The Morgan fingerprint density at radius 2 is 2.10 bits per heavy atom. The summed E-state index contributed by atoms with van der Waals surface area (Å²) in [5.74, 6) is 1.55. The maximum Gasteiger partial charge on any atom is 0.204 e. The predicted octanol–water partition coefficient (Wildman–Crippen LogP) is 2.51. The van der Waals surface area contributed by atoms with E-state index < -0.39 is 0 Å². The number of nitrogens with zero attached hydrogens (tertiary/aromatic N) is 4. The summed E-state index contributed by atoms with van der Waals surface area (Å²) in [5, 5.41) is 16.3. The van der Waals surface area contributed by atoms with Crippen LogP contribution in [0.4, 0.5) is 0 Å². The first-order valence-corrected chi connectivity index (χ1v) is 7.88. The van der Waals surface area contributed by atoms with Gasteiger partial charge >= 0.3 is 0 Å². The molecule has 0 amide bonds. The zero-order chi connectivity index (χ0) is 14.5. The van der Waals surface area contributed by atoms with Gasteiger partial charge in [0.05, 0.1) is 6.54 Å². The molecular weight excluding hydrogens is 262 g/mol. The standard InChI is InChI=1S/C16H23N5/c1-13-6-5-9-15(12-13)17-10-11-21-19-16(18-20-21)14-7-3-2-4-8-14/h2-4,7-8,13,15,17H,5-6,9-12H2,1H3. The van der Waals surface area contributed by atoms with Crippen molar-refractivity contribution >= 4 is 0 Å².